The van der Waals surface area contributed by atoms with Crippen LogP contribution in [0.2, 0.25) is 0 Å². The normalized spacial score (nSPS) is 13.2. The number of hydrogen-bond donors (Lipinski definition) is 0. The number of rotatable bonds is 4. The predicted molar refractivity (Wildman–Crippen MR) is 36.4 cm³/mol. The van der Waals surface area contributed by atoms with E-state index in [0.717, 1.165) is 6.42 Å². The van der Waals surface area contributed by atoms with Gasteiger partial charge in [0.05, 0.1) is 6.10 Å². The molecule has 0 aromatic heterocycles. The third-order valence-electron chi connectivity index (χ3n) is 1.31. The molecule has 54 valence electrons. The fourth-order valence-electron chi connectivity index (χ4n) is 0.524. The lowest BCUT2D eigenvalue weighted by atomic mass is 10.2. The zero-order chi connectivity index (χ0) is 7.28. The minimum Gasteiger partial charge on any atom is -0.382 e. The second-order valence-corrected chi connectivity index (χ2v) is 2.29. The summed E-state index contributed by atoms with van der Waals surface area (Å²) in [6, 6.07) is 0. The van der Waals surface area contributed by atoms with Crippen molar-refractivity contribution in [1.29, 1.82) is 0 Å². The monoisotopic (exact) mass is 130 g/mol. The quantitative estimate of drug-likeness (QED) is 0.574. The Morgan fingerprint density at radius 2 is 2.22 bits per heavy atom. The lowest BCUT2D eigenvalue weighted by Gasteiger charge is -2.05. The van der Waals surface area contributed by atoms with Gasteiger partial charge in [0.2, 0.25) is 0 Å². The second kappa shape index (κ2) is 4.50. The third-order valence-corrected chi connectivity index (χ3v) is 1.31. The maximum Gasteiger partial charge on any atom is 0.129 e. The van der Waals surface area contributed by atoms with E-state index >= 15 is 0 Å². The number of methoxy groups -OCH3 is 1. The molecule has 0 aromatic rings. The number of ether oxygens (including phenoxy) is 1. The Balaban J connectivity index is 3.16. The van der Waals surface area contributed by atoms with Gasteiger partial charge in [-0.3, -0.25) is 0 Å². The minimum absolute atomic E-state index is 0.217. The largest absolute Gasteiger partial charge is 0.382 e. The Kier molecular flexibility index (Phi) is 4.32. The lowest BCUT2D eigenvalue weighted by Crippen LogP contribution is -2.06. The van der Waals surface area contributed by atoms with Crippen molar-refractivity contribution in [3.63, 3.8) is 0 Å². The summed E-state index contributed by atoms with van der Waals surface area (Å²) in [5.41, 5.74) is 0. The maximum absolute atomic E-state index is 10.4. The SMILES string of the molecule is CO[C@@H](C)CCC(C)=O. The Morgan fingerprint density at radius 1 is 1.67 bits per heavy atom. The fraction of sp³-hybridized carbons (Fsp3) is 0.857. The van der Waals surface area contributed by atoms with Crippen molar-refractivity contribution in [2.75, 3.05) is 7.11 Å². The van der Waals surface area contributed by atoms with Gasteiger partial charge in [-0.1, -0.05) is 0 Å². The van der Waals surface area contributed by atoms with Crippen LogP contribution >= 0.6 is 0 Å². The van der Waals surface area contributed by atoms with Crippen LogP contribution in [-0.4, -0.2) is 19.0 Å². The van der Waals surface area contributed by atoms with E-state index in [9.17, 15) is 4.79 Å². The summed E-state index contributed by atoms with van der Waals surface area (Å²) in [6.45, 7) is 3.56. The van der Waals surface area contributed by atoms with E-state index in [1.165, 1.54) is 0 Å². The number of ketones is 1. The molecule has 0 bridgehead atoms. The second-order valence-electron chi connectivity index (χ2n) is 2.29. The van der Waals surface area contributed by atoms with Crippen LogP contribution in [-0.2, 0) is 9.53 Å². The average molecular weight is 130 g/mol. The molecule has 0 fully saturated rings. The van der Waals surface area contributed by atoms with E-state index in [0.29, 0.717) is 6.42 Å². The van der Waals surface area contributed by atoms with Gasteiger partial charge >= 0.3 is 0 Å². The molecule has 0 saturated heterocycles. The summed E-state index contributed by atoms with van der Waals surface area (Å²) in [5.74, 6) is 0.235. The van der Waals surface area contributed by atoms with Crippen molar-refractivity contribution >= 4 is 5.78 Å². The molecule has 0 spiro atoms. The van der Waals surface area contributed by atoms with E-state index in [-0.39, 0.29) is 11.9 Å². The molecule has 0 rings (SSSR count). The van der Waals surface area contributed by atoms with Gasteiger partial charge in [-0.2, -0.15) is 0 Å². The van der Waals surface area contributed by atoms with E-state index in [2.05, 4.69) is 0 Å². The standard InChI is InChI=1S/C7H14O2/c1-6(8)4-5-7(2)9-3/h7H,4-5H2,1-3H3/t7-/m0/s1. The number of carbonyl (C=O) groups excluding carboxylic acids is 1. The van der Waals surface area contributed by atoms with Crippen molar-refractivity contribution in [2.45, 2.75) is 32.8 Å². The van der Waals surface area contributed by atoms with Gasteiger partial charge in [0.25, 0.3) is 0 Å². The van der Waals surface area contributed by atoms with Crippen molar-refractivity contribution in [3.05, 3.63) is 0 Å². The molecule has 0 aliphatic rings. The minimum atomic E-state index is 0.217. The first-order valence-electron chi connectivity index (χ1n) is 3.19. The van der Waals surface area contributed by atoms with Gasteiger partial charge in [-0.15, -0.1) is 0 Å². The predicted octanol–water partition coefficient (Wildman–Crippen LogP) is 1.39. The van der Waals surface area contributed by atoms with E-state index in [4.69, 9.17) is 4.74 Å². The van der Waals surface area contributed by atoms with Crippen molar-refractivity contribution < 1.29 is 9.53 Å². The Labute approximate surface area is 56.2 Å². The first-order chi connectivity index (χ1) is 4.16. The molecule has 2 heteroatoms. The topological polar surface area (TPSA) is 26.3 Å². The van der Waals surface area contributed by atoms with Gasteiger partial charge in [0, 0.05) is 13.5 Å². The van der Waals surface area contributed by atoms with Crippen molar-refractivity contribution in [2.24, 2.45) is 0 Å². The maximum atomic E-state index is 10.4. The zero-order valence-corrected chi connectivity index (χ0v) is 6.31. The molecular weight excluding hydrogens is 116 g/mol. The van der Waals surface area contributed by atoms with E-state index in [1.54, 1.807) is 14.0 Å². The molecular formula is C7H14O2. The molecule has 0 radical (unpaired) electrons. The van der Waals surface area contributed by atoms with Crippen LogP contribution in [0, 0.1) is 0 Å². The summed E-state index contributed by atoms with van der Waals surface area (Å²) in [7, 11) is 1.66. The van der Waals surface area contributed by atoms with Crippen LogP contribution < -0.4 is 0 Å². The Bertz CT molecular complexity index is 88.9. The van der Waals surface area contributed by atoms with Crippen LogP contribution in [0.4, 0.5) is 0 Å². The summed E-state index contributed by atoms with van der Waals surface area (Å²) < 4.78 is 4.95. The van der Waals surface area contributed by atoms with Gasteiger partial charge < -0.3 is 9.53 Å². The van der Waals surface area contributed by atoms with Gasteiger partial charge in [0.1, 0.15) is 5.78 Å². The molecule has 0 amide bonds. The van der Waals surface area contributed by atoms with E-state index < -0.39 is 0 Å². The summed E-state index contributed by atoms with van der Waals surface area (Å²) in [4.78, 5) is 10.4. The summed E-state index contributed by atoms with van der Waals surface area (Å²) in [5, 5.41) is 0. The van der Waals surface area contributed by atoms with Gasteiger partial charge in [-0.05, 0) is 20.3 Å². The smallest absolute Gasteiger partial charge is 0.129 e. The number of Topliss-reactive ketones (excluding diaryl/α,β-unsaturated/α-hetero) is 1. The lowest BCUT2D eigenvalue weighted by molar-refractivity contribution is -0.117. The van der Waals surface area contributed by atoms with Crippen LogP contribution in [0.5, 0.6) is 0 Å². The molecule has 0 aliphatic heterocycles. The zero-order valence-electron chi connectivity index (χ0n) is 6.31. The molecule has 2 nitrogen and oxygen atoms in total. The summed E-state index contributed by atoms with van der Waals surface area (Å²) >= 11 is 0. The molecule has 0 N–H and O–H groups in total. The first kappa shape index (κ1) is 8.63. The number of hydrogen-bond acceptors (Lipinski definition) is 2. The Morgan fingerprint density at radius 3 is 2.56 bits per heavy atom. The molecule has 0 aromatic carbocycles. The number of carbonyl (C=O) groups is 1. The molecule has 0 heterocycles. The van der Waals surface area contributed by atoms with Crippen molar-refractivity contribution in [1.82, 2.24) is 0 Å². The van der Waals surface area contributed by atoms with Crippen molar-refractivity contribution in [3.8, 4) is 0 Å². The Hall–Kier alpha value is -0.370. The van der Waals surface area contributed by atoms with Gasteiger partial charge in [-0.25, -0.2) is 0 Å². The van der Waals surface area contributed by atoms with Gasteiger partial charge in [0.15, 0.2) is 0 Å². The fourth-order valence-corrected chi connectivity index (χ4v) is 0.524. The van der Waals surface area contributed by atoms with Crippen LogP contribution in [0.1, 0.15) is 26.7 Å². The van der Waals surface area contributed by atoms with Crippen LogP contribution in [0.25, 0.3) is 0 Å². The molecule has 1 atom stereocenters. The first-order valence-corrected chi connectivity index (χ1v) is 3.19. The highest BCUT2D eigenvalue weighted by atomic mass is 16.5. The highest BCUT2D eigenvalue weighted by Crippen LogP contribution is 1.99. The molecule has 0 unspecified atom stereocenters. The molecule has 9 heavy (non-hydrogen) atoms. The van der Waals surface area contributed by atoms with Crippen LogP contribution in [0.3, 0.4) is 0 Å². The van der Waals surface area contributed by atoms with E-state index in [1.807, 2.05) is 6.92 Å². The van der Waals surface area contributed by atoms with Crippen LogP contribution in [0.15, 0.2) is 0 Å². The third kappa shape index (κ3) is 5.50. The molecule has 0 saturated carbocycles. The average Bonchev–Trinajstić information content (AvgIpc) is 1.83. The highest BCUT2D eigenvalue weighted by molar-refractivity contribution is 5.75. The highest BCUT2D eigenvalue weighted by Gasteiger charge is 1.99. The molecule has 0 aliphatic carbocycles. The summed E-state index contributed by atoms with van der Waals surface area (Å²) in [6.07, 6.45) is 1.69.